The predicted molar refractivity (Wildman–Crippen MR) is 74.9 cm³/mol. The minimum atomic E-state index is -0.392. The SMILES string of the molecule is O=C(NOCc1ccccc1)c1cc2ccccc2o1. The molecule has 0 bridgehead atoms. The van der Waals surface area contributed by atoms with E-state index in [0.717, 1.165) is 10.9 Å². The summed E-state index contributed by atoms with van der Waals surface area (Å²) in [6.07, 6.45) is 0. The number of fused-ring (bicyclic) bond motifs is 1. The summed E-state index contributed by atoms with van der Waals surface area (Å²) in [5, 5.41) is 0.890. The quantitative estimate of drug-likeness (QED) is 0.738. The molecule has 1 aromatic heterocycles. The van der Waals surface area contributed by atoms with E-state index in [1.165, 1.54) is 0 Å². The second-order valence-corrected chi connectivity index (χ2v) is 4.35. The van der Waals surface area contributed by atoms with Crippen molar-refractivity contribution in [3.8, 4) is 0 Å². The van der Waals surface area contributed by atoms with Crippen LogP contribution in [-0.2, 0) is 11.4 Å². The number of para-hydroxylation sites is 1. The van der Waals surface area contributed by atoms with Crippen molar-refractivity contribution in [3.05, 3.63) is 72.0 Å². The van der Waals surface area contributed by atoms with Crippen LogP contribution in [-0.4, -0.2) is 5.91 Å². The first-order valence-electron chi connectivity index (χ1n) is 6.27. The molecule has 1 heterocycles. The van der Waals surface area contributed by atoms with Crippen molar-refractivity contribution in [2.24, 2.45) is 0 Å². The van der Waals surface area contributed by atoms with Gasteiger partial charge in [0.25, 0.3) is 0 Å². The van der Waals surface area contributed by atoms with Gasteiger partial charge in [0.2, 0.25) is 0 Å². The molecule has 0 saturated carbocycles. The molecule has 0 aliphatic heterocycles. The topological polar surface area (TPSA) is 51.5 Å². The summed E-state index contributed by atoms with van der Waals surface area (Å²) in [5.74, 6) is -0.156. The zero-order valence-electron chi connectivity index (χ0n) is 10.7. The van der Waals surface area contributed by atoms with E-state index in [9.17, 15) is 4.79 Å². The molecule has 0 aliphatic rings. The summed E-state index contributed by atoms with van der Waals surface area (Å²) < 4.78 is 5.44. The fourth-order valence-corrected chi connectivity index (χ4v) is 1.90. The van der Waals surface area contributed by atoms with Gasteiger partial charge in [0.1, 0.15) is 5.58 Å². The van der Waals surface area contributed by atoms with Crippen molar-refractivity contribution in [2.75, 3.05) is 0 Å². The maximum atomic E-state index is 11.9. The number of rotatable bonds is 4. The first-order chi connectivity index (χ1) is 9.83. The summed E-state index contributed by atoms with van der Waals surface area (Å²) in [6, 6.07) is 18.8. The number of carbonyl (C=O) groups is 1. The summed E-state index contributed by atoms with van der Waals surface area (Å²) in [7, 11) is 0. The Labute approximate surface area is 115 Å². The van der Waals surface area contributed by atoms with Crippen LogP contribution >= 0.6 is 0 Å². The largest absolute Gasteiger partial charge is 0.451 e. The highest BCUT2D eigenvalue weighted by atomic mass is 16.7. The van der Waals surface area contributed by atoms with Gasteiger partial charge in [-0.1, -0.05) is 48.5 Å². The second-order valence-electron chi connectivity index (χ2n) is 4.35. The first-order valence-corrected chi connectivity index (χ1v) is 6.27. The number of nitrogens with one attached hydrogen (secondary N) is 1. The van der Waals surface area contributed by atoms with Crippen molar-refractivity contribution in [1.82, 2.24) is 5.48 Å². The maximum absolute atomic E-state index is 11.9. The Kier molecular flexibility index (Phi) is 3.48. The molecule has 100 valence electrons. The monoisotopic (exact) mass is 267 g/mol. The van der Waals surface area contributed by atoms with Crippen molar-refractivity contribution in [2.45, 2.75) is 6.61 Å². The fraction of sp³-hybridized carbons (Fsp3) is 0.0625. The van der Waals surface area contributed by atoms with Gasteiger partial charge < -0.3 is 4.42 Å². The molecule has 1 N–H and O–H groups in total. The average molecular weight is 267 g/mol. The smallest absolute Gasteiger partial charge is 0.310 e. The van der Waals surface area contributed by atoms with Crippen LogP contribution < -0.4 is 5.48 Å². The van der Waals surface area contributed by atoms with Crippen LogP contribution in [0.1, 0.15) is 16.1 Å². The number of hydrogen-bond donors (Lipinski definition) is 1. The molecule has 4 heteroatoms. The first kappa shape index (κ1) is 12.4. The third kappa shape index (κ3) is 2.70. The summed E-state index contributed by atoms with van der Waals surface area (Å²) >= 11 is 0. The molecule has 1 amide bonds. The van der Waals surface area contributed by atoms with Crippen LogP contribution in [0.2, 0.25) is 0 Å². The molecule has 4 nitrogen and oxygen atoms in total. The molecule has 3 aromatic rings. The molecule has 20 heavy (non-hydrogen) atoms. The van der Waals surface area contributed by atoms with Crippen LogP contribution in [0.3, 0.4) is 0 Å². The predicted octanol–water partition coefficient (Wildman–Crippen LogP) is 3.29. The Bertz CT molecular complexity index is 686. The highest BCUT2D eigenvalue weighted by molar-refractivity contribution is 5.95. The lowest BCUT2D eigenvalue weighted by atomic mass is 10.2. The molecule has 0 unspecified atom stereocenters. The molecule has 0 atom stereocenters. The van der Waals surface area contributed by atoms with Gasteiger partial charge in [-0.05, 0) is 17.7 Å². The third-order valence-corrected chi connectivity index (χ3v) is 2.90. The number of furan rings is 1. The molecule has 3 rings (SSSR count). The van der Waals surface area contributed by atoms with Crippen LogP contribution in [0.4, 0.5) is 0 Å². The molecular weight excluding hydrogens is 254 g/mol. The maximum Gasteiger partial charge on any atom is 0.310 e. The normalized spacial score (nSPS) is 10.6. The highest BCUT2D eigenvalue weighted by Gasteiger charge is 2.11. The van der Waals surface area contributed by atoms with Gasteiger partial charge >= 0.3 is 5.91 Å². The van der Waals surface area contributed by atoms with Crippen molar-refractivity contribution < 1.29 is 14.0 Å². The van der Waals surface area contributed by atoms with E-state index in [-0.39, 0.29) is 5.76 Å². The number of carbonyl (C=O) groups excluding carboxylic acids is 1. The summed E-state index contributed by atoms with van der Waals surface area (Å²) in [5.41, 5.74) is 4.04. The lowest BCUT2D eigenvalue weighted by Gasteiger charge is -2.03. The van der Waals surface area contributed by atoms with Crippen molar-refractivity contribution >= 4 is 16.9 Å². The van der Waals surface area contributed by atoms with Gasteiger partial charge in [0.05, 0.1) is 6.61 Å². The van der Waals surface area contributed by atoms with E-state index < -0.39 is 5.91 Å². The summed E-state index contributed by atoms with van der Waals surface area (Å²) in [4.78, 5) is 17.0. The molecule has 0 spiro atoms. The lowest BCUT2D eigenvalue weighted by molar-refractivity contribution is 0.0214. The molecule has 2 aromatic carbocycles. The molecule has 0 fully saturated rings. The van der Waals surface area contributed by atoms with Crippen LogP contribution in [0.25, 0.3) is 11.0 Å². The lowest BCUT2D eigenvalue weighted by Crippen LogP contribution is -2.22. The zero-order valence-corrected chi connectivity index (χ0v) is 10.7. The third-order valence-electron chi connectivity index (χ3n) is 2.90. The van der Waals surface area contributed by atoms with Gasteiger partial charge in [-0.2, -0.15) is 0 Å². The van der Waals surface area contributed by atoms with Crippen molar-refractivity contribution in [3.63, 3.8) is 0 Å². The van der Waals surface area contributed by atoms with Gasteiger partial charge in [0.15, 0.2) is 5.76 Å². The Hall–Kier alpha value is -2.59. The Balaban J connectivity index is 1.61. The Morgan fingerprint density at radius 1 is 1.05 bits per heavy atom. The molecular formula is C16H13NO3. The molecule has 0 aliphatic carbocycles. The van der Waals surface area contributed by atoms with Crippen molar-refractivity contribution in [1.29, 1.82) is 0 Å². The van der Waals surface area contributed by atoms with E-state index in [1.807, 2.05) is 54.6 Å². The standard InChI is InChI=1S/C16H13NO3/c18-16(17-19-11-12-6-2-1-3-7-12)15-10-13-8-4-5-9-14(13)20-15/h1-10H,11H2,(H,17,18). The average Bonchev–Trinajstić information content (AvgIpc) is 2.92. The Morgan fingerprint density at radius 3 is 2.60 bits per heavy atom. The minimum absolute atomic E-state index is 0.235. The van der Waals surface area contributed by atoms with E-state index in [2.05, 4.69) is 5.48 Å². The zero-order chi connectivity index (χ0) is 13.8. The second kappa shape index (κ2) is 5.59. The van der Waals surface area contributed by atoms with E-state index in [4.69, 9.17) is 9.25 Å². The number of benzene rings is 2. The fourth-order valence-electron chi connectivity index (χ4n) is 1.90. The molecule has 0 saturated heterocycles. The number of hydrogen-bond acceptors (Lipinski definition) is 3. The van der Waals surface area contributed by atoms with Crippen LogP contribution in [0, 0.1) is 0 Å². The van der Waals surface area contributed by atoms with Gasteiger partial charge in [-0.3, -0.25) is 9.63 Å². The van der Waals surface area contributed by atoms with E-state index in [0.29, 0.717) is 12.2 Å². The Morgan fingerprint density at radius 2 is 1.80 bits per heavy atom. The van der Waals surface area contributed by atoms with Gasteiger partial charge in [0, 0.05) is 5.39 Å². The number of hydroxylamine groups is 1. The number of amides is 1. The highest BCUT2D eigenvalue weighted by Crippen LogP contribution is 2.18. The summed E-state index contributed by atoms with van der Waals surface area (Å²) in [6.45, 7) is 0.312. The van der Waals surface area contributed by atoms with Gasteiger partial charge in [-0.15, -0.1) is 0 Å². The minimum Gasteiger partial charge on any atom is -0.451 e. The van der Waals surface area contributed by atoms with Crippen LogP contribution in [0.5, 0.6) is 0 Å². The molecule has 0 radical (unpaired) electrons. The van der Waals surface area contributed by atoms with Crippen LogP contribution in [0.15, 0.2) is 65.1 Å². The van der Waals surface area contributed by atoms with E-state index >= 15 is 0 Å². The van der Waals surface area contributed by atoms with E-state index in [1.54, 1.807) is 6.07 Å². The van der Waals surface area contributed by atoms with Gasteiger partial charge in [-0.25, -0.2) is 5.48 Å².